The molecule has 13 heteroatoms. The molecule has 0 radical (unpaired) electrons. The van der Waals surface area contributed by atoms with Gasteiger partial charge in [-0.15, -0.1) is 4.62 Å². The number of fused-ring (bicyclic) bond motifs is 4. The third-order valence-electron chi connectivity index (χ3n) is 3.04. The minimum absolute atomic E-state index is 0.0658. The lowest BCUT2D eigenvalue weighted by Crippen LogP contribution is -2.47. The first-order valence-electron chi connectivity index (χ1n) is 5.56. The number of phosphoric acid groups is 2. The van der Waals surface area contributed by atoms with E-state index in [1.54, 1.807) is 0 Å². The summed E-state index contributed by atoms with van der Waals surface area (Å²) >= 11 is 0. The van der Waals surface area contributed by atoms with Crippen molar-refractivity contribution < 1.29 is 46.6 Å². The van der Waals surface area contributed by atoms with Crippen LogP contribution in [-0.2, 0) is 13.8 Å². The molecule has 2 atom stereocenters. The smallest absolute Gasteiger partial charge is 0.387 e. The van der Waals surface area contributed by atoms with Gasteiger partial charge in [-0.1, -0.05) is 0 Å². The predicted molar refractivity (Wildman–Crippen MR) is 61.2 cm³/mol. The first-order chi connectivity index (χ1) is 9.69. The molecule has 0 saturated heterocycles. The van der Waals surface area contributed by atoms with E-state index in [1.165, 1.54) is 0 Å². The summed E-state index contributed by atoms with van der Waals surface area (Å²) in [6.45, 7) is 0.954. The summed E-state index contributed by atoms with van der Waals surface area (Å²) in [5, 5.41) is 20.0. The van der Waals surface area contributed by atoms with Crippen molar-refractivity contribution in [3.05, 3.63) is 0 Å². The van der Waals surface area contributed by atoms with E-state index in [-0.39, 0.29) is 34.4 Å². The van der Waals surface area contributed by atoms with Crippen molar-refractivity contribution in [1.29, 1.82) is 0 Å². The summed E-state index contributed by atoms with van der Waals surface area (Å²) < 4.78 is 54.3. The van der Waals surface area contributed by atoms with Crippen LogP contribution in [0.25, 0.3) is 0 Å². The van der Waals surface area contributed by atoms with E-state index in [4.69, 9.17) is 27.2 Å². The van der Waals surface area contributed by atoms with E-state index < -0.39 is 21.6 Å². The van der Waals surface area contributed by atoms with Crippen molar-refractivity contribution in [2.45, 2.75) is 12.8 Å². The number of aliphatic hydroxyl groups is 2. The molecule has 21 heavy (non-hydrogen) atoms. The van der Waals surface area contributed by atoms with E-state index in [9.17, 15) is 19.3 Å². The molecule has 5 rings (SSSR count). The Hall–Kier alpha value is -1.64. The molecule has 4 aliphatic rings. The topological polar surface area (TPSA) is 133 Å². The largest absolute Gasteiger partial charge is 0.647 e. The molecule has 0 spiro atoms. The molecule has 0 amide bonds. The summed E-state index contributed by atoms with van der Waals surface area (Å²) in [5.41, 5.74) is -0.166. The molecular weight excluding hydrogens is 332 g/mol. The van der Waals surface area contributed by atoms with Crippen LogP contribution in [0.5, 0.6) is 28.7 Å². The van der Waals surface area contributed by atoms with E-state index in [2.05, 4.69) is 0 Å². The quantitative estimate of drug-likeness (QED) is 0.566. The summed E-state index contributed by atoms with van der Waals surface area (Å²) in [4.78, 5) is 0. The number of benzene rings is 1. The summed E-state index contributed by atoms with van der Waals surface area (Å²) in [6, 6.07) is 0. The maximum absolute atomic E-state index is 12.2. The summed E-state index contributed by atoms with van der Waals surface area (Å²) in [5.74, 6) is -3.15. The van der Waals surface area contributed by atoms with Crippen LogP contribution in [0.3, 0.4) is 0 Å². The molecule has 0 saturated carbocycles. The monoisotopic (exact) mass is 337 g/mol. The van der Waals surface area contributed by atoms with Gasteiger partial charge in [0, 0.05) is 6.92 Å². The number of hydroxylamine groups is 1. The number of hydrogen-bond acceptors (Lipinski definition) is 11. The number of phosphoric ester groups is 2. The highest BCUT2D eigenvalue weighted by atomic mass is 31.2. The molecule has 0 aliphatic carbocycles. The molecule has 4 aliphatic heterocycles. The first-order valence-corrected chi connectivity index (χ1v) is 8.48. The minimum Gasteiger partial charge on any atom is -0.387 e. The number of nitrogens with zero attached hydrogens (tertiary/aromatic N) is 1. The Balaban J connectivity index is 1.88. The Morgan fingerprint density at radius 2 is 1.29 bits per heavy atom. The Morgan fingerprint density at radius 3 is 1.86 bits per heavy atom. The van der Waals surface area contributed by atoms with Crippen molar-refractivity contribution in [2.24, 2.45) is 0 Å². The zero-order chi connectivity index (χ0) is 14.8. The van der Waals surface area contributed by atoms with Crippen molar-refractivity contribution in [3.8, 4) is 28.7 Å². The number of rotatable bonds is 1. The summed E-state index contributed by atoms with van der Waals surface area (Å²) in [7, 11) is -8.01. The Morgan fingerprint density at radius 1 is 0.857 bits per heavy atom. The zero-order valence-electron chi connectivity index (χ0n) is 10.0. The van der Waals surface area contributed by atoms with Gasteiger partial charge >= 0.3 is 15.6 Å². The van der Waals surface area contributed by atoms with Gasteiger partial charge in [0.15, 0.2) is 5.69 Å². The maximum Gasteiger partial charge on any atom is 0.647 e. The lowest BCUT2D eigenvalue weighted by molar-refractivity contribution is -0.184. The van der Waals surface area contributed by atoms with Gasteiger partial charge in [0.25, 0.3) is 5.91 Å². The predicted octanol–water partition coefficient (Wildman–Crippen LogP) is 1.25. The second kappa shape index (κ2) is 2.94. The lowest BCUT2D eigenvalue weighted by atomic mass is 10.2. The average Bonchev–Trinajstić information content (AvgIpc) is 2.93. The second-order valence-electron chi connectivity index (χ2n) is 4.69. The number of hydrogen-bond donors (Lipinski definition) is 2. The van der Waals surface area contributed by atoms with Crippen LogP contribution in [0.15, 0.2) is 0 Å². The van der Waals surface area contributed by atoms with Gasteiger partial charge in [0.1, 0.15) is 0 Å². The molecular formula is C8H5NO10P2. The standard InChI is InChI=1S/C8H5NO10P2/c1-8(10,11)9-2-3-5-7(17-20(12,14-3)16-5)6-4(2)15-21(13,18-6)19-9/h10-11H,1H3. The Labute approximate surface area is 115 Å². The SMILES string of the molecule is CC(O)(O)N1OP2(=O)Oc3c4c5c(c1c3O2)OP(=O)(O4)O5. The molecule has 112 valence electrons. The van der Waals surface area contributed by atoms with Crippen molar-refractivity contribution >= 4 is 21.3 Å². The molecule has 1 aromatic carbocycles. The van der Waals surface area contributed by atoms with Gasteiger partial charge in [-0.05, 0) is 0 Å². The summed E-state index contributed by atoms with van der Waals surface area (Å²) in [6.07, 6.45) is 0. The van der Waals surface area contributed by atoms with Gasteiger partial charge in [-0.3, -0.25) is 0 Å². The molecule has 1 aromatic rings. The molecule has 0 fully saturated rings. The average molecular weight is 337 g/mol. The third-order valence-corrected chi connectivity index (χ3v) is 5.43. The van der Waals surface area contributed by atoms with Crippen molar-refractivity contribution in [3.63, 3.8) is 0 Å². The Bertz CT molecular complexity index is 824. The van der Waals surface area contributed by atoms with Crippen LogP contribution in [0.2, 0.25) is 0 Å². The van der Waals surface area contributed by atoms with Crippen LogP contribution in [0.1, 0.15) is 6.92 Å². The van der Waals surface area contributed by atoms with Gasteiger partial charge in [0.2, 0.25) is 28.7 Å². The van der Waals surface area contributed by atoms with Gasteiger partial charge in [-0.25, -0.2) is 4.57 Å². The molecule has 0 aromatic heterocycles. The van der Waals surface area contributed by atoms with E-state index in [0.717, 1.165) is 6.92 Å². The van der Waals surface area contributed by atoms with Crippen LogP contribution >= 0.6 is 15.6 Å². The molecule has 11 nitrogen and oxygen atoms in total. The van der Waals surface area contributed by atoms with E-state index in [0.29, 0.717) is 5.06 Å². The Kier molecular flexibility index (Phi) is 1.68. The fourth-order valence-electron chi connectivity index (χ4n) is 2.33. The van der Waals surface area contributed by atoms with Gasteiger partial charge < -0.3 is 32.8 Å². The highest BCUT2D eigenvalue weighted by Gasteiger charge is 2.63. The van der Waals surface area contributed by atoms with Crippen molar-refractivity contribution in [2.75, 3.05) is 5.06 Å². The molecule has 4 heterocycles. The fourth-order valence-corrected chi connectivity index (χ4v) is 4.93. The maximum atomic E-state index is 12.2. The zero-order valence-corrected chi connectivity index (χ0v) is 11.8. The second-order valence-corrected chi connectivity index (χ2v) is 7.56. The van der Waals surface area contributed by atoms with Crippen molar-refractivity contribution in [1.82, 2.24) is 0 Å². The third kappa shape index (κ3) is 1.26. The highest BCUT2D eigenvalue weighted by molar-refractivity contribution is 7.51. The normalized spacial score (nSPS) is 33.0. The van der Waals surface area contributed by atoms with E-state index in [1.807, 2.05) is 0 Å². The van der Waals surface area contributed by atoms with Gasteiger partial charge in [-0.2, -0.15) is 9.63 Å². The van der Waals surface area contributed by atoms with Crippen LogP contribution in [0, 0.1) is 0 Å². The molecule has 2 N–H and O–H groups in total. The van der Waals surface area contributed by atoms with E-state index >= 15 is 0 Å². The first kappa shape index (κ1) is 12.0. The lowest BCUT2D eigenvalue weighted by Gasteiger charge is -2.35. The number of anilines is 1. The highest BCUT2D eigenvalue weighted by Crippen LogP contribution is 2.81. The molecule has 4 bridgehead atoms. The molecule has 2 unspecified atom stereocenters. The van der Waals surface area contributed by atoms with Crippen LogP contribution < -0.4 is 27.7 Å². The fraction of sp³-hybridized carbons (Fsp3) is 0.250. The van der Waals surface area contributed by atoms with Crippen LogP contribution in [-0.4, -0.2) is 16.1 Å². The minimum atomic E-state index is -4.14. The van der Waals surface area contributed by atoms with Crippen LogP contribution in [0.4, 0.5) is 5.69 Å². The van der Waals surface area contributed by atoms with Gasteiger partial charge in [0.05, 0.1) is 0 Å².